The average molecular weight is 1140 g/mol. The Balaban J connectivity index is 1.21. The molecular formula is C66H110N2O11P+. The first-order chi connectivity index (χ1) is 37.9. The summed E-state index contributed by atoms with van der Waals surface area (Å²) in [6.07, 6.45) is 15.5. The molecule has 4 fully saturated rings. The number of nitrogens with zero attached hydrogens (tertiary/aromatic N) is 2. The van der Waals surface area contributed by atoms with Gasteiger partial charge in [-0.1, -0.05) is 70.7 Å². The molecule has 2 aromatic rings. The molecule has 0 bridgehead atoms. The first kappa shape index (κ1) is 66.3. The summed E-state index contributed by atoms with van der Waals surface area (Å²) in [6.45, 7) is 21.0. The SMILES string of the molecule is CC[C@H]1OC(=O)[C@H](C)C[C@H](C)[C@@H](O[C@@H]2O[C@H](C)C[C@H](N(C)C)[C@H]2O)[C@](C)(O)CCCN(C(=O)CCCCCCC[P+](c2ccccc2-c2c(OC(C)C)cccc2OC(C)C)(C2CCCCC2)C2CCCCC2)[C@H](C)[C@@H](O)[C@]1(C)O. The molecule has 4 aliphatic rings. The zero-order chi connectivity index (χ0) is 58.5. The van der Waals surface area contributed by atoms with Crippen molar-refractivity contribution in [3.8, 4) is 22.6 Å². The van der Waals surface area contributed by atoms with Gasteiger partial charge in [0.1, 0.15) is 40.7 Å². The lowest BCUT2D eigenvalue weighted by Crippen LogP contribution is -2.60. The van der Waals surface area contributed by atoms with E-state index in [1.54, 1.807) is 31.0 Å². The highest BCUT2D eigenvalue weighted by atomic mass is 31.2. The lowest BCUT2D eigenvalue weighted by molar-refractivity contribution is -0.294. The number of aliphatic hydroxyl groups is 4. The molecule has 2 aliphatic carbocycles. The minimum absolute atomic E-state index is 0.0146. The van der Waals surface area contributed by atoms with Crippen LogP contribution in [0.3, 0.4) is 0 Å². The minimum Gasteiger partial charge on any atom is -0.490 e. The summed E-state index contributed by atoms with van der Waals surface area (Å²) in [7, 11) is 2.04. The van der Waals surface area contributed by atoms with Crippen LogP contribution in [0.1, 0.15) is 211 Å². The Kier molecular flexibility index (Phi) is 25.1. The van der Waals surface area contributed by atoms with Gasteiger partial charge in [-0.2, -0.15) is 0 Å². The molecule has 2 saturated heterocycles. The molecule has 14 heteroatoms. The van der Waals surface area contributed by atoms with E-state index in [0.717, 1.165) is 42.7 Å². The standard InChI is InChI=1S/C66H110N2O11P/c1-14-57-66(11,74)61(71)49(9)68(40-29-39-65(10,73)62(46(6)42-47(7)63(72)78-57)79-64-60(70)53(67(12)13)43-48(8)77-64)58(69)38-24-16-15-17-27-41-80(50-30-20-18-21-31-50,51-32-22-19-23-33-51)56-37-26-25-34-52(56)59-54(75-44(2)3)35-28-36-55(59)76-45(4)5/h25-26,28,34-37,44-51,53,57,60-62,64,70-71,73-74H,14-24,27,29-33,38-43H2,1-13H3/q+1/t46-,47+,48+,49+,53-,57+,60+,61+,62+,64-,65+,66+/m0/s1. The Bertz CT molecular complexity index is 2160. The lowest BCUT2D eigenvalue weighted by atomic mass is 9.81. The number of rotatable bonds is 20. The molecule has 2 aliphatic heterocycles. The Hall–Kier alpha value is -2.87. The highest BCUT2D eigenvalue weighted by molar-refractivity contribution is 7.84. The van der Waals surface area contributed by atoms with E-state index in [2.05, 4.69) is 70.2 Å². The molecule has 4 N–H and O–H groups in total. The van der Waals surface area contributed by atoms with E-state index in [1.165, 1.54) is 82.9 Å². The summed E-state index contributed by atoms with van der Waals surface area (Å²) in [5.41, 5.74) is 0.421. The third-order valence-electron chi connectivity index (χ3n) is 18.8. The summed E-state index contributed by atoms with van der Waals surface area (Å²) in [6, 6.07) is 14.6. The minimum atomic E-state index is -1.87. The van der Waals surface area contributed by atoms with E-state index in [9.17, 15) is 30.0 Å². The number of likely N-dealkylation sites (N-methyl/N-ethyl adjacent to an activating group) is 1. The van der Waals surface area contributed by atoms with Gasteiger partial charge < -0.3 is 53.9 Å². The molecule has 2 saturated carbocycles. The fraction of sp³-hybridized carbons (Fsp3) is 0.788. The van der Waals surface area contributed by atoms with E-state index in [-0.39, 0.29) is 62.5 Å². The van der Waals surface area contributed by atoms with Crippen LogP contribution in [-0.4, -0.2) is 153 Å². The summed E-state index contributed by atoms with van der Waals surface area (Å²) in [5.74, 6) is 0.0660. The maximum Gasteiger partial charge on any atom is 0.309 e. The Morgan fingerprint density at radius 1 is 0.787 bits per heavy atom. The number of unbranched alkanes of at least 4 members (excludes halogenated alkanes) is 4. The number of aliphatic hydroxyl groups excluding tert-OH is 2. The highest BCUT2D eigenvalue weighted by Gasteiger charge is 2.55. The number of hydrogen-bond acceptors (Lipinski definition) is 12. The van der Waals surface area contributed by atoms with Gasteiger partial charge in [0.2, 0.25) is 5.91 Å². The third kappa shape index (κ3) is 16.5. The largest absolute Gasteiger partial charge is 0.490 e. The van der Waals surface area contributed by atoms with E-state index in [0.29, 0.717) is 30.6 Å². The van der Waals surface area contributed by atoms with E-state index in [1.807, 2.05) is 39.8 Å². The normalized spacial score (nSPS) is 31.4. The molecule has 0 spiro atoms. The first-order valence-electron chi connectivity index (χ1n) is 31.7. The van der Waals surface area contributed by atoms with Gasteiger partial charge in [0, 0.05) is 24.6 Å². The van der Waals surface area contributed by atoms with Crippen molar-refractivity contribution < 1.29 is 53.7 Å². The molecule has 6 rings (SSSR count). The van der Waals surface area contributed by atoms with Crippen LogP contribution < -0.4 is 14.8 Å². The second kappa shape index (κ2) is 30.3. The van der Waals surface area contributed by atoms with Crippen LogP contribution in [0.5, 0.6) is 11.5 Å². The van der Waals surface area contributed by atoms with Crippen LogP contribution >= 0.6 is 7.26 Å². The molecule has 80 heavy (non-hydrogen) atoms. The Morgan fingerprint density at radius 3 is 1.94 bits per heavy atom. The van der Waals surface area contributed by atoms with Gasteiger partial charge in [0.25, 0.3) is 0 Å². The van der Waals surface area contributed by atoms with Crippen LogP contribution in [0.15, 0.2) is 42.5 Å². The van der Waals surface area contributed by atoms with Gasteiger partial charge >= 0.3 is 5.97 Å². The second-order valence-electron chi connectivity index (χ2n) is 26.3. The van der Waals surface area contributed by atoms with E-state index >= 15 is 0 Å². The number of esters is 1. The van der Waals surface area contributed by atoms with Crippen molar-refractivity contribution in [3.63, 3.8) is 0 Å². The van der Waals surface area contributed by atoms with Gasteiger partial charge in [-0.15, -0.1) is 0 Å². The quantitative estimate of drug-likeness (QED) is 0.0564. The van der Waals surface area contributed by atoms with Gasteiger partial charge in [-0.05, 0) is 196 Å². The lowest BCUT2D eigenvalue weighted by Gasteiger charge is -2.45. The van der Waals surface area contributed by atoms with Crippen molar-refractivity contribution in [2.75, 3.05) is 26.8 Å². The van der Waals surface area contributed by atoms with Crippen LogP contribution in [0.2, 0.25) is 0 Å². The Labute approximate surface area is 484 Å². The maximum atomic E-state index is 14.6. The van der Waals surface area contributed by atoms with Gasteiger partial charge in [-0.3, -0.25) is 9.59 Å². The van der Waals surface area contributed by atoms with Crippen LogP contribution in [0.25, 0.3) is 11.1 Å². The number of hydrogen-bond donors (Lipinski definition) is 4. The number of carbonyl (C=O) groups excluding carboxylic acids is 2. The Morgan fingerprint density at radius 2 is 1.36 bits per heavy atom. The first-order valence-corrected chi connectivity index (χ1v) is 33.8. The van der Waals surface area contributed by atoms with Crippen molar-refractivity contribution in [3.05, 3.63) is 42.5 Å². The van der Waals surface area contributed by atoms with Crippen molar-refractivity contribution in [1.29, 1.82) is 0 Å². The smallest absolute Gasteiger partial charge is 0.309 e. The third-order valence-corrected chi connectivity index (χ3v) is 24.7. The summed E-state index contributed by atoms with van der Waals surface area (Å²) >= 11 is 0. The summed E-state index contributed by atoms with van der Waals surface area (Å²) in [4.78, 5) is 32.1. The van der Waals surface area contributed by atoms with Crippen molar-refractivity contribution in [2.24, 2.45) is 11.8 Å². The molecule has 0 aromatic heterocycles. The zero-order valence-corrected chi connectivity index (χ0v) is 52.8. The second-order valence-corrected chi connectivity index (χ2v) is 30.5. The van der Waals surface area contributed by atoms with Crippen molar-refractivity contribution in [2.45, 2.75) is 295 Å². The number of benzene rings is 2. The fourth-order valence-electron chi connectivity index (χ4n) is 14.6. The number of carbonyl (C=O) groups is 2. The van der Waals surface area contributed by atoms with Crippen LogP contribution in [-0.2, 0) is 23.8 Å². The predicted molar refractivity (Wildman–Crippen MR) is 324 cm³/mol. The molecule has 1 amide bonds. The van der Waals surface area contributed by atoms with Crippen molar-refractivity contribution >= 4 is 24.4 Å². The molecular weight excluding hydrogens is 1030 g/mol. The fourth-order valence-corrected chi connectivity index (χ4v) is 21.3. The highest BCUT2D eigenvalue weighted by Crippen LogP contribution is 2.73. The summed E-state index contributed by atoms with van der Waals surface area (Å²) < 4.78 is 32.2. The van der Waals surface area contributed by atoms with Crippen LogP contribution in [0.4, 0.5) is 0 Å². The van der Waals surface area contributed by atoms with Gasteiger partial charge in [0.15, 0.2) is 6.29 Å². The maximum absolute atomic E-state index is 14.6. The zero-order valence-electron chi connectivity index (χ0n) is 51.9. The number of ether oxygens (including phenoxy) is 5. The molecule has 454 valence electrons. The molecule has 0 unspecified atom stereocenters. The van der Waals surface area contributed by atoms with Crippen LogP contribution in [0, 0.1) is 11.8 Å². The molecule has 12 atom stereocenters. The van der Waals surface area contributed by atoms with E-state index in [4.69, 9.17) is 23.7 Å². The molecule has 13 nitrogen and oxygen atoms in total. The van der Waals surface area contributed by atoms with E-state index < -0.39 is 73.0 Å². The molecule has 0 radical (unpaired) electrons. The van der Waals surface area contributed by atoms with Gasteiger partial charge in [0.05, 0.1) is 72.3 Å². The monoisotopic (exact) mass is 1140 g/mol. The van der Waals surface area contributed by atoms with Crippen molar-refractivity contribution in [1.82, 2.24) is 9.80 Å². The summed E-state index contributed by atoms with van der Waals surface area (Å²) in [5, 5.41) is 49.7. The molecule has 2 heterocycles. The number of amides is 1. The topological polar surface area (TPSA) is 168 Å². The van der Waals surface area contributed by atoms with Gasteiger partial charge in [-0.25, -0.2) is 0 Å². The predicted octanol–water partition coefficient (Wildman–Crippen LogP) is 12.2. The number of cyclic esters (lactones) is 1. The average Bonchev–Trinajstić information content (AvgIpc) is 3.42. The molecule has 2 aromatic carbocycles.